The van der Waals surface area contributed by atoms with E-state index in [1.165, 1.54) is 11.3 Å². The third-order valence-electron chi connectivity index (χ3n) is 2.34. The van der Waals surface area contributed by atoms with Crippen molar-refractivity contribution < 1.29 is 14.3 Å². The first-order valence-corrected chi connectivity index (χ1v) is 6.13. The quantitative estimate of drug-likeness (QED) is 0.875. The first-order valence-electron chi connectivity index (χ1n) is 5.19. The Hall–Kier alpha value is -0.910. The van der Waals surface area contributed by atoms with Crippen molar-refractivity contribution in [3.05, 3.63) is 22.4 Å². The van der Waals surface area contributed by atoms with Crippen LogP contribution in [-0.2, 0) is 9.47 Å². The predicted octanol–water partition coefficient (Wildman–Crippen LogP) is 1.63. The molecule has 1 N–H and O–H groups in total. The molecule has 2 rings (SSSR count). The summed E-state index contributed by atoms with van der Waals surface area (Å²) in [5.74, 6) is -0.591. The number of ether oxygens (including phenoxy) is 2. The fourth-order valence-electron chi connectivity index (χ4n) is 1.57. The highest BCUT2D eigenvalue weighted by Gasteiger charge is 2.32. The van der Waals surface area contributed by atoms with Crippen molar-refractivity contribution in [1.82, 2.24) is 5.32 Å². The Morgan fingerprint density at radius 2 is 2.50 bits per heavy atom. The summed E-state index contributed by atoms with van der Waals surface area (Å²) < 4.78 is 11.0. The molecule has 0 bridgehead atoms. The van der Waals surface area contributed by atoms with Crippen LogP contribution in [0.5, 0.6) is 0 Å². The Labute approximate surface area is 98.6 Å². The van der Waals surface area contributed by atoms with Crippen molar-refractivity contribution in [3.63, 3.8) is 0 Å². The molecular weight excluding hydrogens is 226 g/mol. The van der Waals surface area contributed by atoms with E-state index in [4.69, 9.17) is 9.47 Å². The smallest absolute Gasteiger partial charge is 0.252 e. The lowest BCUT2D eigenvalue weighted by Gasteiger charge is -2.17. The van der Waals surface area contributed by atoms with E-state index >= 15 is 0 Å². The van der Waals surface area contributed by atoms with Crippen LogP contribution < -0.4 is 5.32 Å². The van der Waals surface area contributed by atoms with E-state index in [2.05, 4.69) is 5.32 Å². The van der Waals surface area contributed by atoms with Crippen molar-refractivity contribution in [3.8, 4) is 0 Å². The minimum Gasteiger partial charge on any atom is -0.349 e. The van der Waals surface area contributed by atoms with Gasteiger partial charge in [-0.3, -0.25) is 4.79 Å². The zero-order valence-electron chi connectivity index (χ0n) is 9.36. The lowest BCUT2D eigenvalue weighted by molar-refractivity contribution is -0.137. The van der Waals surface area contributed by atoms with E-state index < -0.39 is 5.79 Å². The van der Waals surface area contributed by atoms with Gasteiger partial charge in [0.05, 0.1) is 6.61 Å². The number of amides is 1. The predicted molar refractivity (Wildman–Crippen MR) is 61.6 cm³/mol. The van der Waals surface area contributed by atoms with Crippen molar-refractivity contribution in [1.29, 1.82) is 0 Å². The number of thiophene rings is 1. The van der Waals surface area contributed by atoms with Gasteiger partial charge in [0.2, 0.25) is 0 Å². The van der Waals surface area contributed by atoms with Crippen molar-refractivity contribution in [2.75, 3.05) is 13.2 Å². The maximum Gasteiger partial charge on any atom is 0.252 e. The molecule has 0 aromatic carbocycles. The first kappa shape index (κ1) is 11.6. The van der Waals surface area contributed by atoms with E-state index in [0.717, 1.165) is 0 Å². The second kappa shape index (κ2) is 4.53. The number of carbonyl (C=O) groups excluding carboxylic acids is 1. The molecule has 4 nitrogen and oxygen atoms in total. The van der Waals surface area contributed by atoms with E-state index in [1.807, 2.05) is 24.6 Å². The molecule has 0 spiro atoms. The lowest BCUT2D eigenvalue weighted by atomic mass is 10.3. The first-order chi connectivity index (χ1) is 7.57. The number of hydrogen-bond donors (Lipinski definition) is 1. The molecule has 0 radical (unpaired) electrons. The van der Waals surface area contributed by atoms with Gasteiger partial charge in [-0.15, -0.1) is 0 Å². The molecule has 1 atom stereocenters. The largest absolute Gasteiger partial charge is 0.349 e. The second-order valence-electron chi connectivity index (χ2n) is 4.17. The Morgan fingerprint density at radius 3 is 3.06 bits per heavy atom. The van der Waals surface area contributed by atoms with Gasteiger partial charge >= 0.3 is 0 Å². The maximum absolute atomic E-state index is 11.6. The maximum atomic E-state index is 11.6. The average Bonchev–Trinajstić information content (AvgIpc) is 2.83. The fourth-order valence-corrected chi connectivity index (χ4v) is 2.20. The van der Waals surface area contributed by atoms with Crippen LogP contribution in [0.4, 0.5) is 0 Å². The highest BCUT2D eigenvalue weighted by Crippen LogP contribution is 2.21. The minimum atomic E-state index is -0.530. The highest BCUT2D eigenvalue weighted by molar-refractivity contribution is 7.08. The average molecular weight is 241 g/mol. The monoisotopic (exact) mass is 241 g/mol. The number of hydrogen-bond acceptors (Lipinski definition) is 4. The van der Waals surface area contributed by atoms with Gasteiger partial charge in [-0.05, 0) is 25.3 Å². The third-order valence-corrected chi connectivity index (χ3v) is 3.02. The molecule has 1 saturated heterocycles. The van der Waals surface area contributed by atoms with Crippen LogP contribution in [0.15, 0.2) is 16.8 Å². The van der Waals surface area contributed by atoms with Crippen LogP contribution in [0.1, 0.15) is 24.2 Å². The van der Waals surface area contributed by atoms with Gasteiger partial charge in [0.15, 0.2) is 5.79 Å². The van der Waals surface area contributed by atoms with E-state index in [1.54, 1.807) is 6.07 Å². The van der Waals surface area contributed by atoms with Gasteiger partial charge in [-0.2, -0.15) is 11.3 Å². The summed E-state index contributed by atoms with van der Waals surface area (Å²) >= 11 is 1.51. The molecule has 1 aliphatic heterocycles. The molecule has 0 aliphatic carbocycles. The zero-order chi connectivity index (χ0) is 11.6. The topological polar surface area (TPSA) is 47.6 Å². The van der Waals surface area contributed by atoms with Crippen LogP contribution >= 0.6 is 11.3 Å². The van der Waals surface area contributed by atoms with Gasteiger partial charge in [0, 0.05) is 17.5 Å². The molecule has 5 heteroatoms. The molecule has 0 saturated carbocycles. The summed E-state index contributed by atoms with van der Waals surface area (Å²) in [7, 11) is 0. The molecular formula is C11H15NO3S. The molecule has 1 fully saturated rings. The molecule has 1 amide bonds. The van der Waals surface area contributed by atoms with Crippen LogP contribution in [0.2, 0.25) is 0 Å². The van der Waals surface area contributed by atoms with Gasteiger partial charge in [0.1, 0.15) is 6.10 Å². The molecule has 2 heterocycles. The number of nitrogens with one attached hydrogen (secondary N) is 1. The van der Waals surface area contributed by atoms with Gasteiger partial charge in [-0.25, -0.2) is 0 Å². The Bertz CT molecular complexity index is 361. The summed E-state index contributed by atoms with van der Waals surface area (Å²) in [5.41, 5.74) is 0.697. The fraction of sp³-hybridized carbons (Fsp3) is 0.545. The summed E-state index contributed by atoms with van der Waals surface area (Å²) in [5, 5.41) is 6.53. The summed E-state index contributed by atoms with van der Waals surface area (Å²) in [6, 6.07) is 1.80. The molecule has 1 aliphatic rings. The van der Waals surface area contributed by atoms with Crippen molar-refractivity contribution in [2.45, 2.75) is 25.7 Å². The van der Waals surface area contributed by atoms with Crippen LogP contribution in [0, 0.1) is 0 Å². The molecule has 16 heavy (non-hydrogen) atoms. The van der Waals surface area contributed by atoms with E-state index in [9.17, 15) is 4.79 Å². The number of carbonyl (C=O) groups is 1. The van der Waals surface area contributed by atoms with Gasteiger partial charge in [0.25, 0.3) is 5.91 Å². The summed E-state index contributed by atoms with van der Waals surface area (Å²) in [6.07, 6.45) is -0.0578. The second-order valence-corrected chi connectivity index (χ2v) is 4.95. The SMILES string of the molecule is CC1(C)OCC(CNC(=O)c2ccsc2)O1. The highest BCUT2D eigenvalue weighted by atomic mass is 32.1. The summed E-state index contributed by atoms with van der Waals surface area (Å²) in [4.78, 5) is 11.6. The minimum absolute atomic E-state index is 0.0578. The zero-order valence-corrected chi connectivity index (χ0v) is 10.2. The third kappa shape index (κ3) is 2.81. The van der Waals surface area contributed by atoms with Crippen LogP contribution in [-0.4, -0.2) is 30.9 Å². The van der Waals surface area contributed by atoms with Crippen LogP contribution in [0.25, 0.3) is 0 Å². The van der Waals surface area contributed by atoms with E-state index in [-0.39, 0.29) is 12.0 Å². The Kier molecular flexibility index (Phi) is 3.28. The molecule has 1 unspecified atom stereocenters. The van der Waals surface area contributed by atoms with Gasteiger partial charge < -0.3 is 14.8 Å². The lowest BCUT2D eigenvalue weighted by Crippen LogP contribution is -2.34. The molecule has 1 aromatic heterocycles. The Morgan fingerprint density at radius 1 is 1.69 bits per heavy atom. The number of rotatable bonds is 3. The van der Waals surface area contributed by atoms with Crippen LogP contribution in [0.3, 0.4) is 0 Å². The molecule has 88 valence electrons. The molecule has 1 aromatic rings. The van der Waals surface area contributed by atoms with E-state index in [0.29, 0.717) is 18.7 Å². The normalized spacial score (nSPS) is 23.2. The van der Waals surface area contributed by atoms with Gasteiger partial charge in [-0.1, -0.05) is 0 Å². The standard InChI is InChI=1S/C11H15NO3S/c1-11(2)14-6-9(15-11)5-12-10(13)8-3-4-16-7-8/h3-4,7,9H,5-6H2,1-2H3,(H,12,13). The van der Waals surface area contributed by atoms with Crippen molar-refractivity contribution in [2.24, 2.45) is 0 Å². The summed E-state index contributed by atoms with van der Waals surface area (Å²) in [6.45, 7) is 4.75. The van der Waals surface area contributed by atoms with Crippen molar-refractivity contribution >= 4 is 17.2 Å². The Balaban J connectivity index is 1.79.